The minimum absolute atomic E-state index is 0.172. The number of thioether (sulfide) groups is 1. The number of nitrogens with one attached hydrogen (secondary N) is 3. The van der Waals surface area contributed by atoms with E-state index in [0.29, 0.717) is 34.7 Å². The first-order valence-electron chi connectivity index (χ1n) is 10.8. The Kier molecular flexibility index (Phi) is 6.41. The number of hydrazone groups is 1. The number of nitrogens with zero attached hydrogens (tertiary/aromatic N) is 4. The molecule has 2 aliphatic heterocycles. The molecular formula is C23H21F2N7O2S. The van der Waals surface area contributed by atoms with Crippen LogP contribution in [0.3, 0.4) is 0 Å². The second kappa shape index (κ2) is 9.79. The first kappa shape index (κ1) is 22.9. The van der Waals surface area contributed by atoms with Gasteiger partial charge in [-0.3, -0.25) is 20.5 Å². The summed E-state index contributed by atoms with van der Waals surface area (Å²) in [6.45, 7) is 0.482. The molecule has 1 atom stereocenters. The van der Waals surface area contributed by atoms with E-state index in [4.69, 9.17) is 4.74 Å². The van der Waals surface area contributed by atoms with Crippen LogP contribution in [-0.4, -0.2) is 40.2 Å². The van der Waals surface area contributed by atoms with Crippen molar-refractivity contribution in [2.45, 2.75) is 24.6 Å². The van der Waals surface area contributed by atoms with Gasteiger partial charge < -0.3 is 15.0 Å². The largest absolute Gasteiger partial charge is 0.494 e. The summed E-state index contributed by atoms with van der Waals surface area (Å²) >= 11 is 1.30. The SMILES string of the molecule is COc1cnc(C(F)F)cc1-c1cc(N2C=CNC2)ncc1C(=O)NC1=NNC(C#CC2CC2)S1. The monoisotopic (exact) mass is 497 g/mol. The van der Waals surface area contributed by atoms with E-state index in [1.165, 1.54) is 37.3 Å². The molecule has 180 valence electrons. The van der Waals surface area contributed by atoms with Crippen LogP contribution in [0, 0.1) is 17.8 Å². The summed E-state index contributed by atoms with van der Waals surface area (Å²) in [5, 5.41) is 10.1. The molecule has 3 aliphatic rings. The van der Waals surface area contributed by atoms with Gasteiger partial charge in [0.25, 0.3) is 12.3 Å². The van der Waals surface area contributed by atoms with Crippen LogP contribution in [0.25, 0.3) is 11.1 Å². The van der Waals surface area contributed by atoms with E-state index < -0.39 is 18.0 Å². The molecule has 35 heavy (non-hydrogen) atoms. The van der Waals surface area contributed by atoms with E-state index in [0.717, 1.165) is 12.8 Å². The van der Waals surface area contributed by atoms with Gasteiger partial charge in [-0.25, -0.2) is 13.8 Å². The van der Waals surface area contributed by atoms with Gasteiger partial charge in [0, 0.05) is 35.6 Å². The number of rotatable bonds is 5. The number of carbonyl (C=O) groups is 1. The molecule has 0 spiro atoms. The zero-order valence-corrected chi connectivity index (χ0v) is 19.4. The maximum Gasteiger partial charge on any atom is 0.280 e. The third-order valence-electron chi connectivity index (χ3n) is 5.41. The van der Waals surface area contributed by atoms with Gasteiger partial charge in [-0.15, -0.1) is 0 Å². The van der Waals surface area contributed by atoms with E-state index in [1.54, 1.807) is 18.5 Å². The molecule has 3 N–H and O–H groups in total. The molecule has 1 unspecified atom stereocenters. The molecule has 1 fully saturated rings. The Morgan fingerprint density at radius 3 is 2.83 bits per heavy atom. The van der Waals surface area contributed by atoms with Crippen LogP contribution >= 0.6 is 11.8 Å². The van der Waals surface area contributed by atoms with E-state index in [1.807, 2.05) is 4.90 Å². The number of methoxy groups -OCH3 is 1. The molecule has 0 saturated heterocycles. The van der Waals surface area contributed by atoms with Crippen LogP contribution in [0.2, 0.25) is 0 Å². The molecule has 9 nitrogen and oxygen atoms in total. The van der Waals surface area contributed by atoms with Crippen LogP contribution in [0.5, 0.6) is 5.75 Å². The van der Waals surface area contributed by atoms with Gasteiger partial charge in [0.1, 0.15) is 17.3 Å². The molecule has 12 heteroatoms. The molecule has 1 amide bonds. The van der Waals surface area contributed by atoms with Crippen LogP contribution < -0.4 is 25.7 Å². The van der Waals surface area contributed by atoms with E-state index in [-0.39, 0.29) is 16.7 Å². The van der Waals surface area contributed by atoms with Crippen molar-refractivity contribution in [3.8, 4) is 28.7 Å². The normalized spacial score (nSPS) is 18.5. The number of carbonyl (C=O) groups excluding carboxylic acids is 1. The highest BCUT2D eigenvalue weighted by molar-refractivity contribution is 8.14. The van der Waals surface area contributed by atoms with Gasteiger partial charge in [-0.1, -0.05) is 11.8 Å². The second-order valence-corrected chi connectivity index (χ2v) is 9.00. The van der Waals surface area contributed by atoms with E-state index in [2.05, 4.69) is 43.0 Å². The highest BCUT2D eigenvalue weighted by Gasteiger charge is 2.25. The average molecular weight is 498 g/mol. The molecule has 0 aromatic carbocycles. The second-order valence-electron chi connectivity index (χ2n) is 7.91. The van der Waals surface area contributed by atoms with Crippen molar-refractivity contribution < 1.29 is 18.3 Å². The number of anilines is 1. The molecule has 2 aromatic heterocycles. The zero-order valence-electron chi connectivity index (χ0n) is 18.6. The quantitative estimate of drug-likeness (QED) is 0.542. The van der Waals surface area contributed by atoms with Crippen LogP contribution in [0.4, 0.5) is 14.6 Å². The van der Waals surface area contributed by atoms with Gasteiger partial charge in [0.2, 0.25) is 0 Å². The summed E-state index contributed by atoms with van der Waals surface area (Å²) in [4.78, 5) is 23.3. The predicted molar refractivity (Wildman–Crippen MR) is 129 cm³/mol. The van der Waals surface area contributed by atoms with Crippen LogP contribution in [0.1, 0.15) is 35.3 Å². The lowest BCUT2D eigenvalue weighted by Crippen LogP contribution is -2.28. The molecule has 0 radical (unpaired) electrons. The Hall–Kier alpha value is -3.85. The van der Waals surface area contributed by atoms with Gasteiger partial charge in [-0.05, 0) is 36.7 Å². The Labute approximate surface area is 204 Å². The van der Waals surface area contributed by atoms with Gasteiger partial charge in [0.15, 0.2) is 10.5 Å². The number of hydrogen-bond acceptors (Lipinski definition) is 9. The van der Waals surface area contributed by atoms with Crippen molar-refractivity contribution in [2.75, 3.05) is 18.7 Å². The minimum Gasteiger partial charge on any atom is -0.494 e. The highest BCUT2D eigenvalue weighted by atomic mass is 32.2. The highest BCUT2D eigenvalue weighted by Crippen LogP contribution is 2.36. The van der Waals surface area contributed by atoms with Crippen molar-refractivity contribution >= 4 is 28.7 Å². The molecule has 0 bridgehead atoms. The summed E-state index contributed by atoms with van der Waals surface area (Å²) < 4.78 is 32.3. The Bertz CT molecular complexity index is 1270. The number of hydrogen-bond donors (Lipinski definition) is 3. The third kappa shape index (κ3) is 5.14. The van der Waals surface area contributed by atoms with Crippen molar-refractivity contribution in [3.63, 3.8) is 0 Å². The number of aromatic nitrogens is 2. The Balaban J connectivity index is 1.47. The summed E-state index contributed by atoms with van der Waals surface area (Å²) in [6.07, 6.45) is 5.64. The minimum atomic E-state index is -2.78. The fourth-order valence-electron chi connectivity index (χ4n) is 3.45. The zero-order chi connectivity index (χ0) is 24.4. The maximum atomic E-state index is 13.4. The number of halogens is 2. The molecule has 1 saturated carbocycles. The molecule has 2 aromatic rings. The van der Waals surface area contributed by atoms with Gasteiger partial charge in [0.05, 0.1) is 25.5 Å². The maximum absolute atomic E-state index is 13.4. The summed E-state index contributed by atoms with van der Waals surface area (Å²) in [5.74, 6) is 7.02. The molecular weight excluding hydrogens is 476 g/mol. The fourth-order valence-corrected chi connectivity index (χ4v) is 4.16. The predicted octanol–water partition coefficient (Wildman–Crippen LogP) is 3.00. The van der Waals surface area contributed by atoms with Crippen LogP contribution in [0.15, 0.2) is 42.0 Å². The van der Waals surface area contributed by atoms with Gasteiger partial charge >= 0.3 is 0 Å². The first-order chi connectivity index (χ1) is 17.0. The molecule has 5 rings (SSSR count). The fraction of sp³-hybridized carbons (Fsp3) is 0.304. The number of amidine groups is 1. The van der Waals surface area contributed by atoms with Gasteiger partial charge in [-0.2, -0.15) is 5.10 Å². The third-order valence-corrected chi connectivity index (χ3v) is 6.29. The molecule has 1 aliphatic carbocycles. The summed E-state index contributed by atoms with van der Waals surface area (Å²) in [6, 6.07) is 2.88. The van der Waals surface area contributed by atoms with Crippen LogP contribution in [-0.2, 0) is 0 Å². The topological polar surface area (TPSA) is 104 Å². The lowest BCUT2D eigenvalue weighted by molar-refractivity contribution is 0.0978. The van der Waals surface area contributed by atoms with Crippen molar-refractivity contribution in [2.24, 2.45) is 11.0 Å². The lowest BCUT2D eigenvalue weighted by Gasteiger charge is -2.18. The van der Waals surface area contributed by atoms with Crippen molar-refractivity contribution in [1.82, 2.24) is 26.0 Å². The number of alkyl halides is 2. The summed E-state index contributed by atoms with van der Waals surface area (Å²) in [5.41, 5.74) is 3.31. The standard InChI is InChI=1S/C23H21F2N7O2S/c1-34-18-11-27-17(21(24)25)8-15(18)14-9-19(32-7-6-26-12-32)28-10-16(14)22(33)29-23-31-30-20(35-23)5-4-13-2-3-13/h6-11,13,20-21,26,30H,2-3,12H2,1H3,(H,29,31,33). The number of amides is 1. The lowest BCUT2D eigenvalue weighted by atomic mass is 10.00. The number of pyridine rings is 2. The van der Waals surface area contributed by atoms with Crippen molar-refractivity contribution in [3.05, 3.63) is 48.2 Å². The average Bonchev–Trinajstić information content (AvgIpc) is 3.33. The Morgan fingerprint density at radius 1 is 1.26 bits per heavy atom. The first-order valence-corrected chi connectivity index (χ1v) is 11.7. The van der Waals surface area contributed by atoms with E-state index in [9.17, 15) is 13.6 Å². The smallest absolute Gasteiger partial charge is 0.280 e. The summed E-state index contributed by atoms with van der Waals surface area (Å²) in [7, 11) is 1.41. The molecule has 4 heterocycles. The van der Waals surface area contributed by atoms with Crippen molar-refractivity contribution in [1.29, 1.82) is 0 Å². The van der Waals surface area contributed by atoms with E-state index >= 15 is 0 Å². The number of ether oxygens (including phenoxy) is 1. The Morgan fingerprint density at radius 2 is 2.11 bits per heavy atom.